The number of rotatable bonds is 6. The number of carbonyl (C=O) groups is 3. The van der Waals surface area contributed by atoms with E-state index in [1.807, 2.05) is 44.2 Å². The van der Waals surface area contributed by atoms with Gasteiger partial charge in [0.2, 0.25) is 0 Å². The molecule has 0 unspecified atom stereocenters. The fraction of sp³-hybridized carbons (Fsp3) is 0.238. The number of aromatic nitrogens is 1. The minimum absolute atomic E-state index is 0.257. The average Bonchev–Trinajstić information content (AvgIpc) is 3.14. The van der Waals surface area contributed by atoms with Crippen molar-refractivity contribution < 1.29 is 19.1 Å². The van der Waals surface area contributed by atoms with E-state index in [0.29, 0.717) is 22.7 Å². The van der Waals surface area contributed by atoms with Crippen molar-refractivity contribution in [2.45, 2.75) is 13.8 Å². The summed E-state index contributed by atoms with van der Waals surface area (Å²) in [6.07, 6.45) is 0. The van der Waals surface area contributed by atoms with E-state index < -0.39 is 24.5 Å². The molecule has 0 spiro atoms. The van der Waals surface area contributed by atoms with Gasteiger partial charge >= 0.3 is 12.0 Å². The van der Waals surface area contributed by atoms with Crippen molar-refractivity contribution in [3.63, 3.8) is 0 Å². The summed E-state index contributed by atoms with van der Waals surface area (Å²) in [5, 5.41) is 5.38. The summed E-state index contributed by atoms with van der Waals surface area (Å²) < 4.78 is 6.11. The van der Waals surface area contributed by atoms with Crippen molar-refractivity contribution in [2.24, 2.45) is 5.92 Å². The Balaban J connectivity index is 1.66. The molecule has 0 aliphatic carbocycles. The SMILES string of the molecule is CC(C)CNC(=O)NC(=O)COC(=O)c1ccccc1-c1nc2ccccc2s1. The highest BCUT2D eigenvalue weighted by atomic mass is 32.1. The number of hydrogen-bond donors (Lipinski definition) is 2. The number of nitrogens with zero attached hydrogens (tertiary/aromatic N) is 1. The van der Waals surface area contributed by atoms with E-state index in [1.54, 1.807) is 18.2 Å². The van der Waals surface area contributed by atoms with Crippen LogP contribution in [0.3, 0.4) is 0 Å². The van der Waals surface area contributed by atoms with Crippen LogP contribution in [0.5, 0.6) is 0 Å². The van der Waals surface area contributed by atoms with Gasteiger partial charge in [-0.25, -0.2) is 14.6 Å². The highest BCUT2D eigenvalue weighted by Gasteiger charge is 2.18. The maximum absolute atomic E-state index is 12.5. The summed E-state index contributed by atoms with van der Waals surface area (Å²) in [6, 6.07) is 14.0. The first-order valence-corrected chi connectivity index (χ1v) is 9.95. The van der Waals surface area contributed by atoms with E-state index in [-0.39, 0.29) is 5.92 Å². The molecular weight excluding hydrogens is 390 g/mol. The molecule has 2 N–H and O–H groups in total. The molecule has 0 fully saturated rings. The maximum atomic E-state index is 12.5. The van der Waals surface area contributed by atoms with Crippen LogP contribution >= 0.6 is 11.3 Å². The molecule has 7 nitrogen and oxygen atoms in total. The number of amides is 3. The Hall–Kier alpha value is -3.26. The molecule has 29 heavy (non-hydrogen) atoms. The normalized spacial score (nSPS) is 10.7. The third kappa shape index (κ3) is 5.39. The molecule has 1 heterocycles. The summed E-state index contributed by atoms with van der Waals surface area (Å²) in [6.45, 7) is 3.76. The zero-order valence-corrected chi connectivity index (χ0v) is 16.9. The van der Waals surface area contributed by atoms with Crippen molar-refractivity contribution in [3.8, 4) is 10.6 Å². The van der Waals surface area contributed by atoms with E-state index in [0.717, 1.165) is 10.2 Å². The molecule has 0 saturated heterocycles. The zero-order chi connectivity index (χ0) is 20.8. The Labute approximate surface area is 172 Å². The molecule has 1 aromatic heterocycles. The quantitative estimate of drug-likeness (QED) is 0.604. The van der Waals surface area contributed by atoms with Crippen molar-refractivity contribution in [2.75, 3.05) is 13.2 Å². The predicted molar refractivity (Wildman–Crippen MR) is 112 cm³/mol. The first-order chi connectivity index (χ1) is 13.9. The van der Waals surface area contributed by atoms with Gasteiger partial charge in [-0.3, -0.25) is 10.1 Å². The number of fused-ring (bicyclic) bond motifs is 1. The van der Waals surface area contributed by atoms with Crippen LogP contribution in [0.1, 0.15) is 24.2 Å². The van der Waals surface area contributed by atoms with E-state index in [9.17, 15) is 14.4 Å². The van der Waals surface area contributed by atoms with Gasteiger partial charge in [-0.05, 0) is 24.1 Å². The number of carbonyl (C=O) groups excluding carboxylic acids is 3. The lowest BCUT2D eigenvalue weighted by Gasteiger charge is -2.10. The third-order valence-corrected chi connectivity index (χ3v) is 5.00. The third-order valence-electron chi connectivity index (χ3n) is 3.93. The Morgan fingerprint density at radius 3 is 2.55 bits per heavy atom. The van der Waals surface area contributed by atoms with Crippen LogP contribution in [0.2, 0.25) is 0 Å². The van der Waals surface area contributed by atoms with Gasteiger partial charge in [-0.15, -0.1) is 11.3 Å². The van der Waals surface area contributed by atoms with Crippen LogP contribution in [0.25, 0.3) is 20.8 Å². The number of nitrogens with one attached hydrogen (secondary N) is 2. The van der Waals surface area contributed by atoms with E-state index >= 15 is 0 Å². The molecule has 0 bridgehead atoms. The Kier molecular flexibility index (Phi) is 6.56. The fourth-order valence-corrected chi connectivity index (χ4v) is 3.55. The number of esters is 1. The Morgan fingerprint density at radius 2 is 1.79 bits per heavy atom. The summed E-state index contributed by atoms with van der Waals surface area (Å²) in [5.41, 5.74) is 1.79. The second kappa shape index (κ2) is 9.29. The van der Waals surface area contributed by atoms with Gasteiger partial charge in [0.1, 0.15) is 5.01 Å². The molecule has 0 aliphatic rings. The van der Waals surface area contributed by atoms with E-state index in [4.69, 9.17) is 4.74 Å². The molecule has 0 radical (unpaired) electrons. The predicted octanol–water partition coefficient (Wildman–Crippen LogP) is 3.60. The van der Waals surface area contributed by atoms with Gasteiger partial charge in [0, 0.05) is 12.1 Å². The van der Waals surface area contributed by atoms with E-state index in [2.05, 4.69) is 15.6 Å². The second-order valence-corrected chi connectivity index (χ2v) is 7.79. The van der Waals surface area contributed by atoms with Crippen LogP contribution in [-0.4, -0.2) is 36.0 Å². The van der Waals surface area contributed by atoms with Crippen LogP contribution in [0.15, 0.2) is 48.5 Å². The van der Waals surface area contributed by atoms with Crippen molar-refractivity contribution in [1.29, 1.82) is 0 Å². The highest BCUT2D eigenvalue weighted by Crippen LogP contribution is 2.32. The van der Waals surface area contributed by atoms with Gasteiger partial charge in [0.25, 0.3) is 5.91 Å². The standard InChI is InChI=1S/C21H21N3O4S/c1-13(2)11-22-21(27)24-18(25)12-28-20(26)15-8-4-3-7-14(15)19-23-16-9-5-6-10-17(16)29-19/h3-10,13H,11-12H2,1-2H3,(H2,22,24,25,27). The number of urea groups is 1. The van der Waals surface area contributed by atoms with Gasteiger partial charge < -0.3 is 10.1 Å². The molecule has 0 atom stereocenters. The molecule has 0 saturated carbocycles. The number of benzene rings is 2. The van der Waals surface area contributed by atoms with Gasteiger partial charge in [0.15, 0.2) is 6.61 Å². The zero-order valence-electron chi connectivity index (χ0n) is 16.1. The van der Waals surface area contributed by atoms with Crippen LogP contribution in [0.4, 0.5) is 4.79 Å². The van der Waals surface area contributed by atoms with Crippen LogP contribution < -0.4 is 10.6 Å². The number of imide groups is 1. The van der Waals surface area contributed by atoms with Crippen LogP contribution in [-0.2, 0) is 9.53 Å². The number of para-hydroxylation sites is 1. The molecular formula is C21H21N3O4S. The van der Waals surface area contributed by atoms with Gasteiger partial charge in [-0.2, -0.15) is 0 Å². The summed E-state index contributed by atoms with van der Waals surface area (Å²) in [7, 11) is 0. The lowest BCUT2D eigenvalue weighted by molar-refractivity contribution is -0.123. The van der Waals surface area contributed by atoms with E-state index in [1.165, 1.54) is 11.3 Å². The number of thiazole rings is 1. The lowest BCUT2D eigenvalue weighted by Crippen LogP contribution is -2.42. The molecule has 150 valence electrons. The molecule has 3 aromatic rings. The maximum Gasteiger partial charge on any atom is 0.339 e. The monoisotopic (exact) mass is 411 g/mol. The molecule has 0 aliphatic heterocycles. The van der Waals surface area contributed by atoms with Gasteiger partial charge in [0.05, 0.1) is 15.8 Å². The first kappa shape index (κ1) is 20.5. The lowest BCUT2D eigenvalue weighted by atomic mass is 10.1. The molecule has 3 rings (SSSR count). The molecule has 2 aromatic carbocycles. The minimum atomic E-state index is -0.697. The highest BCUT2D eigenvalue weighted by molar-refractivity contribution is 7.21. The van der Waals surface area contributed by atoms with Crippen LogP contribution in [0, 0.1) is 5.92 Å². The van der Waals surface area contributed by atoms with Crippen molar-refractivity contribution in [1.82, 2.24) is 15.6 Å². The largest absolute Gasteiger partial charge is 0.452 e. The number of ether oxygens (including phenoxy) is 1. The average molecular weight is 411 g/mol. The fourth-order valence-electron chi connectivity index (χ4n) is 2.55. The van der Waals surface area contributed by atoms with Crippen molar-refractivity contribution in [3.05, 3.63) is 54.1 Å². The smallest absolute Gasteiger partial charge is 0.339 e. The molecule has 3 amide bonds. The first-order valence-electron chi connectivity index (χ1n) is 9.14. The summed E-state index contributed by atoms with van der Waals surface area (Å²) in [5.74, 6) is -1.10. The Morgan fingerprint density at radius 1 is 1.07 bits per heavy atom. The minimum Gasteiger partial charge on any atom is -0.452 e. The number of hydrogen-bond acceptors (Lipinski definition) is 6. The topological polar surface area (TPSA) is 97.4 Å². The molecule has 8 heteroatoms. The van der Waals surface area contributed by atoms with Crippen molar-refractivity contribution >= 4 is 39.5 Å². The summed E-state index contributed by atoms with van der Waals surface area (Å²) in [4.78, 5) is 40.6. The summed E-state index contributed by atoms with van der Waals surface area (Å²) >= 11 is 1.47. The second-order valence-electron chi connectivity index (χ2n) is 6.76. The Bertz CT molecular complexity index is 1010. The van der Waals surface area contributed by atoms with Gasteiger partial charge in [-0.1, -0.05) is 44.2 Å².